The highest BCUT2D eigenvalue weighted by Crippen LogP contribution is 2.18. The molecule has 112 valence electrons. The first kappa shape index (κ1) is 15.7. The number of carbonyl (C=O) groups excluding carboxylic acids is 1. The lowest BCUT2D eigenvalue weighted by molar-refractivity contribution is -0.121. The number of nitrogens with one attached hydrogen (secondary N) is 1. The van der Waals surface area contributed by atoms with Crippen molar-refractivity contribution in [1.82, 2.24) is 10.3 Å². The third-order valence-corrected chi connectivity index (χ3v) is 4.26. The van der Waals surface area contributed by atoms with Crippen LogP contribution in [-0.4, -0.2) is 10.9 Å². The Morgan fingerprint density at radius 1 is 1.29 bits per heavy atom. The fourth-order valence-electron chi connectivity index (χ4n) is 1.92. The summed E-state index contributed by atoms with van der Waals surface area (Å²) in [6.45, 7) is 6.91. The van der Waals surface area contributed by atoms with Gasteiger partial charge in [-0.05, 0) is 18.4 Å². The highest BCUT2D eigenvalue weighted by Gasteiger charge is 2.08. The molecule has 0 aliphatic heterocycles. The average Bonchev–Trinajstić information content (AvgIpc) is 2.93. The Hall–Kier alpha value is -1.68. The Morgan fingerprint density at radius 3 is 2.62 bits per heavy atom. The van der Waals surface area contributed by atoms with Crippen molar-refractivity contribution in [3.05, 3.63) is 51.5 Å². The number of carbonyl (C=O) groups is 1. The summed E-state index contributed by atoms with van der Waals surface area (Å²) in [4.78, 5) is 16.4. The van der Waals surface area contributed by atoms with Crippen LogP contribution in [0.2, 0.25) is 0 Å². The van der Waals surface area contributed by atoms with Crippen LogP contribution in [0.1, 0.15) is 48.0 Å². The van der Waals surface area contributed by atoms with Crippen LogP contribution >= 0.6 is 11.3 Å². The molecule has 0 fully saturated rings. The van der Waals surface area contributed by atoms with Crippen molar-refractivity contribution in [1.29, 1.82) is 0 Å². The van der Waals surface area contributed by atoms with Gasteiger partial charge in [-0.3, -0.25) is 4.79 Å². The Labute approximate surface area is 130 Å². The van der Waals surface area contributed by atoms with E-state index in [4.69, 9.17) is 0 Å². The standard InChI is InChI=1S/C17H22N2OS/c1-12(2)15-11-21-17(19-15)9-8-16(20)18-10-14-6-4-13(3)5-7-14/h4-7,11-12H,8-10H2,1-3H3,(H,18,20). The second-order valence-electron chi connectivity index (χ2n) is 5.58. The summed E-state index contributed by atoms with van der Waals surface area (Å²) in [5.41, 5.74) is 3.48. The summed E-state index contributed by atoms with van der Waals surface area (Å²) >= 11 is 1.64. The first-order valence-corrected chi connectivity index (χ1v) is 8.19. The minimum atomic E-state index is 0.0804. The van der Waals surface area contributed by atoms with Crippen LogP contribution in [0.5, 0.6) is 0 Å². The largest absolute Gasteiger partial charge is 0.352 e. The number of hydrogen-bond acceptors (Lipinski definition) is 3. The molecule has 1 N–H and O–H groups in total. The Bertz CT molecular complexity index is 587. The maximum Gasteiger partial charge on any atom is 0.220 e. The zero-order valence-corrected chi connectivity index (χ0v) is 13.7. The molecule has 0 radical (unpaired) electrons. The molecule has 2 rings (SSSR count). The van der Waals surface area contributed by atoms with Crippen molar-refractivity contribution in [2.75, 3.05) is 0 Å². The van der Waals surface area contributed by atoms with Crippen molar-refractivity contribution < 1.29 is 4.79 Å². The topological polar surface area (TPSA) is 42.0 Å². The molecule has 0 bridgehead atoms. The second-order valence-corrected chi connectivity index (χ2v) is 6.53. The van der Waals surface area contributed by atoms with Crippen LogP contribution in [0.4, 0.5) is 0 Å². The van der Waals surface area contributed by atoms with Gasteiger partial charge in [-0.1, -0.05) is 43.7 Å². The molecule has 1 aromatic carbocycles. The summed E-state index contributed by atoms with van der Waals surface area (Å²) in [5, 5.41) is 6.09. The zero-order valence-electron chi connectivity index (χ0n) is 12.8. The van der Waals surface area contributed by atoms with Gasteiger partial charge in [0.2, 0.25) is 5.91 Å². The van der Waals surface area contributed by atoms with Gasteiger partial charge in [0, 0.05) is 24.8 Å². The van der Waals surface area contributed by atoms with Gasteiger partial charge in [0.05, 0.1) is 10.7 Å². The number of nitrogens with zero attached hydrogens (tertiary/aromatic N) is 1. The first-order chi connectivity index (χ1) is 10.0. The lowest BCUT2D eigenvalue weighted by atomic mass is 10.1. The maximum atomic E-state index is 11.9. The Morgan fingerprint density at radius 2 is 2.00 bits per heavy atom. The molecule has 4 heteroatoms. The van der Waals surface area contributed by atoms with E-state index in [0.29, 0.717) is 18.9 Å². The molecular formula is C17H22N2OS. The molecular weight excluding hydrogens is 280 g/mol. The molecule has 1 aromatic heterocycles. The highest BCUT2D eigenvalue weighted by molar-refractivity contribution is 7.09. The summed E-state index contributed by atoms with van der Waals surface area (Å²) in [6.07, 6.45) is 1.22. The predicted octanol–water partition coefficient (Wildman–Crippen LogP) is 3.82. The quantitative estimate of drug-likeness (QED) is 0.881. The van der Waals surface area contributed by atoms with E-state index >= 15 is 0 Å². The van der Waals surface area contributed by atoms with E-state index in [1.165, 1.54) is 5.56 Å². The fraction of sp³-hybridized carbons (Fsp3) is 0.412. The number of aromatic nitrogens is 1. The molecule has 2 aromatic rings. The molecule has 21 heavy (non-hydrogen) atoms. The van der Waals surface area contributed by atoms with E-state index in [-0.39, 0.29) is 5.91 Å². The molecule has 3 nitrogen and oxygen atoms in total. The lowest BCUT2D eigenvalue weighted by Crippen LogP contribution is -2.22. The number of amides is 1. The van der Waals surface area contributed by atoms with Gasteiger partial charge in [0.15, 0.2) is 0 Å². The number of thiazole rings is 1. The summed E-state index contributed by atoms with van der Waals surface area (Å²) in [7, 11) is 0. The molecule has 0 aliphatic rings. The number of hydrogen-bond donors (Lipinski definition) is 1. The Balaban J connectivity index is 1.75. The smallest absolute Gasteiger partial charge is 0.220 e. The molecule has 1 amide bonds. The minimum Gasteiger partial charge on any atom is -0.352 e. The zero-order chi connectivity index (χ0) is 15.2. The van der Waals surface area contributed by atoms with Gasteiger partial charge < -0.3 is 5.32 Å². The van der Waals surface area contributed by atoms with Crippen molar-refractivity contribution in [3.63, 3.8) is 0 Å². The Kier molecular flexibility index (Phi) is 5.51. The van der Waals surface area contributed by atoms with E-state index < -0.39 is 0 Å². The molecule has 0 spiro atoms. The highest BCUT2D eigenvalue weighted by atomic mass is 32.1. The van der Waals surface area contributed by atoms with Gasteiger partial charge in [-0.2, -0.15) is 0 Å². The third-order valence-electron chi connectivity index (χ3n) is 3.34. The normalized spacial score (nSPS) is 10.9. The van der Waals surface area contributed by atoms with Crippen LogP contribution in [-0.2, 0) is 17.8 Å². The molecule has 0 atom stereocenters. The molecule has 0 saturated carbocycles. The van der Waals surface area contributed by atoms with Crippen molar-refractivity contribution in [2.45, 2.75) is 46.1 Å². The van der Waals surface area contributed by atoms with Crippen LogP contribution in [0, 0.1) is 6.92 Å². The van der Waals surface area contributed by atoms with E-state index in [1.54, 1.807) is 11.3 Å². The van der Waals surface area contributed by atoms with Gasteiger partial charge in [-0.25, -0.2) is 4.98 Å². The summed E-state index contributed by atoms with van der Waals surface area (Å²) in [6, 6.07) is 8.21. The van der Waals surface area contributed by atoms with Crippen molar-refractivity contribution in [2.24, 2.45) is 0 Å². The second kappa shape index (κ2) is 7.36. The van der Waals surface area contributed by atoms with E-state index in [9.17, 15) is 4.79 Å². The third kappa shape index (κ3) is 4.97. The van der Waals surface area contributed by atoms with Gasteiger partial charge in [0.25, 0.3) is 0 Å². The van der Waals surface area contributed by atoms with Crippen LogP contribution < -0.4 is 5.32 Å². The number of benzene rings is 1. The summed E-state index contributed by atoms with van der Waals surface area (Å²) < 4.78 is 0. The van der Waals surface area contributed by atoms with E-state index in [2.05, 4.69) is 48.6 Å². The van der Waals surface area contributed by atoms with E-state index in [0.717, 1.165) is 22.7 Å². The van der Waals surface area contributed by atoms with Crippen LogP contribution in [0.3, 0.4) is 0 Å². The summed E-state index contributed by atoms with van der Waals surface area (Å²) in [5.74, 6) is 0.530. The first-order valence-electron chi connectivity index (χ1n) is 7.31. The molecule has 0 saturated heterocycles. The van der Waals surface area contributed by atoms with Crippen LogP contribution in [0.25, 0.3) is 0 Å². The number of aryl methyl sites for hydroxylation is 2. The fourth-order valence-corrected chi connectivity index (χ4v) is 2.88. The van der Waals surface area contributed by atoms with E-state index in [1.807, 2.05) is 12.1 Å². The molecule has 0 unspecified atom stereocenters. The van der Waals surface area contributed by atoms with Gasteiger partial charge in [-0.15, -0.1) is 11.3 Å². The van der Waals surface area contributed by atoms with Crippen molar-refractivity contribution >= 4 is 17.2 Å². The predicted molar refractivity (Wildman–Crippen MR) is 87.5 cm³/mol. The van der Waals surface area contributed by atoms with Gasteiger partial charge >= 0.3 is 0 Å². The average molecular weight is 302 g/mol. The SMILES string of the molecule is Cc1ccc(CNC(=O)CCc2nc(C(C)C)cs2)cc1. The minimum absolute atomic E-state index is 0.0804. The maximum absolute atomic E-state index is 11.9. The monoisotopic (exact) mass is 302 g/mol. The van der Waals surface area contributed by atoms with Crippen molar-refractivity contribution in [3.8, 4) is 0 Å². The van der Waals surface area contributed by atoms with Gasteiger partial charge in [0.1, 0.15) is 0 Å². The molecule has 1 heterocycles. The van der Waals surface area contributed by atoms with Crippen LogP contribution in [0.15, 0.2) is 29.6 Å². The number of rotatable bonds is 6. The molecule has 0 aliphatic carbocycles. The lowest BCUT2D eigenvalue weighted by Gasteiger charge is -2.05.